The fraction of sp³-hybridized carbons (Fsp3) is 0.417. The lowest BCUT2D eigenvalue weighted by molar-refractivity contribution is -0.121. The van der Waals surface area contributed by atoms with Crippen molar-refractivity contribution < 1.29 is 4.79 Å². The lowest BCUT2D eigenvalue weighted by atomic mass is 9.86. The number of nitrogens with one attached hydrogen (secondary N) is 1. The van der Waals surface area contributed by atoms with Crippen LogP contribution in [0.2, 0.25) is 0 Å². The van der Waals surface area contributed by atoms with E-state index in [9.17, 15) is 4.79 Å². The maximum atomic E-state index is 12.1. The van der Waals surface area contributed by atoms with Gasteiger partial charge in [-0.2, -0.15) is 0 Å². The maximum Gasteiger partial charge on any atom is 0.236 e. The van der Waals surface area contributed by atoms with Crippen molar-refractivity contribution in [3.63, 3.8) is 0 Å². The van der Waals surface area contributed by atoms with Gasteiger partial charge in [0, 0.05) is 19.8 Å². The highest BCUT2D eigenvalue weighted by molar-refractivity contribution is 6.08. The summed E-state index contributed by atoms with van der Waals surface area (Å²) in [6, 6.07) is 3.82. The fourth-order valence-electron chi connectivity index (χ4n) is 2.24. The Hall–Kier alpha value is -1.71. The van der Waals surface area contributed by atoms with Gasteiger partial charge >= 0.3 is 0 Å². The van der Waals surface area contributed by atoms with Crippen LogP contribution in [0.5, 0.6) is 0 Å². The zero-order chi connectivity index (χ0) is 12.1. The topological polar surface area (TPSA) is 58.4 Å². The monoisotopic (exact) mass is 219 g/mol. The minimum atomic E-state index is -0.482. The highest BCUT2D eigenvalue weighted by atomic mass is 16.2. The number of carbonyl (C=O) groups excluding carboxylic acids is 1. The van der Waals surface area contributed by atoms with E-state index in [1.165, 1.54) is 0 Å². The largest absolute Gasteiger partial charge is 0.397 e. The molecule has 0 bridgehead atoms. The van der Waals surface area contributed by atoms with Gasteiger partial charge in [0.15, 0.2) is 0 Å². The number of rotatable bonds is 1. The number of amides is 1. The van der Waals surface area contributed by atoms with Gasteiger partial charge in [0.2, 0.25) is 5.91 Å². The zero-order valence-corrected chi connectivity index (χ0v) is 10.1. The first-order chi connectivity index (χ1) is 7.39. The molecule has 1 heterocycles. The van der Waals surface area contributed by atoms with Gasteiger partial charge in [-0.1, -0.05) is 0 Å². The highest BCUT2D eigenvalue weighted by Crippen LogP contribution is 2.43. The minimum absolute atomic E-state index is 0.107. The van der Waals surface area contributed by atoms with E-state index < -0.39 is 5.41 Å². The second-order valence-electron chi connectivity index (χ2n) is 4.70. The van der Waals surface area contributed by atoms with Crippen molar-refractivity contribution in [2.24, 2.45) is 0 Å². The Morgan fingerprint density at radius 1 is 1.38 bits per heavy atom. The van der Waals surface area contributed by atoms with Gasteiger partial charge in [-0.15, -0.1) is 0 Å². The number of hydrogen-bond donors (Lipinski definition) is 2. The van der Waals surface area contributed by atoms with E-state index in [2.05, 4.69) is 5.32 Å². The second-order valence-corrected chi connectivity index (χ2v) is 4.70. The molecule has 1 aliphatic rings. The first-order valence-electron chi connectivity index (χ1n) is 5.29. The standard InChI is InChI=1S/C12H17N3O/c1-12(2)7-5-8(13)9(14-3)6-10(7)15(4)11(12)16/h5-6,14H,13H2,1-4H3. The number of likely N-dealkylation sites (N-methyl/N-ethyl adjacent to an activating group) is 1. The van der Waals surface area contributed by atoms with E-state index in [-0.39, 0.29) is 5.91 Å². The average molecular weight is 219 g/mol. The summed E-state index contributed by atoms with van der Waals surface area (Å²) in [5.41, 5.74) is 8.91. The molecule has 1 amide bonds. The Balaban J connectivity index is 2.68. The van der Waals surface area contributed by atoms with Gasteiger partial charge in [0.25, 0.3) is 0 Å². The van der Waals surface area contributed by atoms with Crippen molar-refractivity contribution in [2.75, 3.05) is 30.0 Å². The van der Waals surface area contributed by atoms with Crippen LogP contribution < -0.4 is 16.0 Å². The number of nitrogen functional groups attached to an aromatic ring is 1. The lowest BCUT2D eigenvalue weighted by Gasteiger charge is -2.16. The molecule has 0 atom stereocenters. The summed E-state index contributed by atoms with van der Waals surface area (Å²) in [7, 11) is 3.62. The Morgan fingerprint density at radius 3 is 2.56 bits per heavy atom. The molecule has 4 heteroatoms. The molecular weight excluding hydrogens is 202 g/mol. The summed E-state index contributed by atoms with van der Waals surface area (Å²) < 4.78 is 0. The fourth-order valence-corrected chi connectivity index (χ4v) is 2.24. The molecule has 1 aliphatic heterocycles. The average Bonchev–Trinajstić information content (AvgIpc) is 2.40. The Labute approximate surface area is 95.4 Å². The van der Waals surface area contributed by atoms with Crippen molar-refractivity contribution in [3.05, 3.63) is 17.7 Å². The molecule has 0 spiro atoms. The van der Waals surface area contributed by atoms with Gasteiger partial charge in [0.1, 0.15) is 0 Å². The number of carbonyl (C=O) groups is 1. The number of nitrogens with two attached hydrogens (primary N) is 1. The van der Waals surface area contributed by atoms with Crippen molar-refractivity contribution in [1.82, 2.24) is 0 Å². The van der Waals surface area contributed by atoms with E-state index in [0.717, 1.165) is 16.9 Å². The summed E-state index contributed by atoms with van der Waals surface area (Å²) >= 11 is 0. The summed E-state index contributed by atoms with van der Waals surface area (Å²) in [5, 5.41) is 3.02. The zero-order valence-electron chi connectivity index (χ0n) is 10.1. The van der Waals surface area contributed by atoms with Crippen LogP contribution in [0.1, 0.15) is 19.4 Å². The maximum absolute atomic E-state index is 12.1. The highest BCUT2D eigenvalue weighted by Gasteiger charge is 2.42. The smallest absolute Gasteiger partial charge is 0.236 e. The second kappa shape index (κ2) is 3.14. The van der Waals surface area contributed by atoms with Crippen molar-refractivity contribution >= 4 is 23.0 Å². The van der Waals surface area contributed by atoms with Gasteiger partial charge in [0.05, 0.1) is 16.8 Å². The molecule has 0 saturated heterocycles. The SMILES string of the molecule is CNc1cc2c(cc1N)C(C)(C)C(=O)N2C. The number of benzene rings is 1. The van der Waals surface area contributed by atoms with Gasteiger partial charge in [-0.05, 0) is 31.5 Å². The third-order valence-corrected chi connectivity index (χ3v) is 3.31. The molecule has 4 nitrogen and oxygen atoms in total. The molecule has 0 radical (unpaired) electrons. The van der Waals surface area contributed by atoms with Gasteiger partial charge < -0.3 is 16.0 Å². The predicted molar refractivity (Wildman–Crippen MR) is 66.8 cm³/mol. The van der Waals surface area contributed by atoms with Crippen LogP contribution in [-0.2, 0) is 10.2 Å². The quantitative estimate of drug-likeness (QED) is 0.705. The van der Waals surface area contributed by atoms with E-state index in [1.54, 1.807) is 11.9 Å². The Kier molecular flexibility index (Phi) is 2.12. The van der Waals surface area contributed by atoms with Crippen LogP contribution in [0.4, 0.5) is 17.1 Å². The molecular formula is C12H17N3O. The Morgan fingerprint density at radius 2 is 2.00 bits per heavy atom. The van der Waals surface area contributed by atoms with Crippen LogP contribution >= 0.6 is 0 Å². The van der Waals surface area contributed by atoms with Crippen LogP contribution in [-0.4, -0.2) is 20.0 Å². The van der Waals surface area contributed by atoms with Crippen LogP contribution in [0.3, 0.4) is 0 Å². The molecule has 3 N–H and O–H groups in total. The normalized spacial score (nSPS) is 17.5. The summed E-state index contributed by atoms with van der Waals surface area (Å²) in [5.74, 6) is 0.107. The lowest BCUT2D eigenvalue weighted by Crippen LogP contribution is -2.33. The Bertz CT molecular complexity index is 466. The first kappa shape index (κ1) is 10.8. The van der Waals surface area contributed by atoms with Gasteiger partial charge in [-0.25, -0.2) is 0 Å². The molecule has 2 rings (SSSR count). The van der Waals surface area contributed by atoms with E-state index in [1.807, 2.05) is 33.0 Å². The minimum Gasteiger partial charge on any atom is -0.397 e. The van der Waals surface area contributed by atoms with E-state index in [0.29, 0.717) is 5.69 Å². The van der Waals surface area contributed by atoms with Crippen LogP contribution in [0.25, 0.3) is 0 Å². The number of anilines is 3. The first-order valence-corrected chi connectivity index (χ1v) is 5.29. The molecule has 0 aromatic heterocycles. The van der Waals surface area contributed by atoms with Crippen molar-refractivity contribution in [3.8, 4) is 0 Å². The molecule has 0 unspecified atom stereocenters. The summed E-state index contributed by atoms with van der Waals surface area (Å²) in [6.07, 6.45) is 0. The van der Waals surface area contributed by atoms with Crippen molar-refractivity contribution in [2.45, 2.75) is 19.3 Å². The van der Waals surface area contributed by atoms with Gasteiger partial charge in [-0.3, -0.25) is 4.79 Å². The number of hydrogen-bond acceptors (Lipinski definition) is 3. The molecule has 86 valence electrons. The summed E-state index contributed by atoms with van der Waals surface area (Å²) in [4.78, 5) is 13.7. The molecule has 16 heavy (non-hydrogen) atoms. The molecule has 0 aliphatic carbocycles. The third kappa shape index (κ3) is 1.19. The van der Waals surface area contributed by atoms with E-state index in [4.69, 9.17) is 5.73 Å². The molecule has 0 saturated carbocycles. The van der Waals surface area contributed by atoms with Crippen molar-refractivity contribution in [1.29, 1.82) is 0 Å². The predicted octanol–water partition coefficient (Wildman–Crippen LogP) is 1.56. The van der Waals surface area contributed by atoms with Crippen LogP contribution in [0, 0.1) is 0 Å². The number of fused-ring (bicyclic) bond motifs is 1. The molecule has 0 fully saturated rings. The molecule has 1 aromatic rings. The molecule has 1 aromatic carbocycles. The van der Waals surface area contributed by atoms with Crippen LogP contribution in [0.15, 0.2) is 12.1 Å². The third-order valence-electron chi connectivity index (χ3n) is 3.31. The number of nitrogens with zero attached hydrogens (tertiary/aromatic N) is 1. The van der Waals surface area contributed by atoms with E-state index >= 15 is 0 Å². The summed E-state index contributed by atoms with van der Waals surface area (Å²) in [6.45, 7) is 3.85.